The van der Waals surface area contributed by atoms with E-state index in [0.717, 1.165) is 10.9 Å². The Morgan fingerprint density at radius 1 is 1.22 bits per heavy atom. The third-order valence-corrected chi connectivity index (χ3v) is 2.22. The van der Waals surface area contributed by atoms with Crippen LogP contribution in [0.25, 0.3) is 10.9 Å². The monoisotopic (exact) mass is 414 g/mol. The smallest absolute Gasteiger partial charge is 0.323 e. The van der Waals surface area contributed by atoms with Crippen LogP contribution in [0.4, 0.5) is 0 Å². The van der Waals surface area contributed by atoms with Gasteiger partial charge in [0.1, 0.15) is 0 Å². The Bertz CT molecular complexity index is 464. The number of nitrogens with one attached hydrogen (secondary N) is 1. The van der Waals surface area contributed by atoms with Crippen molar-refractivity contribution in [1.29, 1.82) is 0 Å². The van der Waals surface area contributed by atoms with E-state index in [9.17, 15) is 0 Å². The maximum atomic E-state index is 3.97. The minimum absolute atomic E-state index is 0. The molecule has 1 N–H and O–H groups in total. The SMILES string of the molecule is CC(C)(C)c1c[c-]c2[nH]ncc2c1.C[C-](C)C.[W+2]. The molecule has 0 atom stereocenters. The Morgan fingerprint density at radius 2 is 1.78 bits per heavy atom. The van der Waals surface area contributed by atoms with Crippen molar-refractivity contribution in [2.24, 2.45) is 0 Å². The largest absolute Gasteiger partial charge is 2.00 e. The first-order chi connectivity index (χ1) is 7.80. The Kier molecular flexibility index (Phi) is 6.84. The molecular formula is C15H22N2W. The number of aromatic nitrogens is 2. The predicted molar refractivity (Wildman–Crippen MR) is 73.9 cm³/mol. The summed E-state index contributed by atoms with van der Waals surface area (Å²) in [5, 5.41) is 7.99. The van der Waals surface area contributed by atoms with Gasteiger partial charge in [0, 0.05) is 6.20 Å². The first-order valence-electron chi connectivity index (χ1n) is 5.93. The molecular weight excluding hydrogens is 392 g/mol. The molecule has 0 fully saturated rings. The van der Waals surface area contributed by atoms with Crippen molar-refractivity contribution in [1.82, 2.24) is 10.2 Å². The zero-order chi connectivity index (χ0) is 13.1. The van der Waals surface area contributed by atoms with Crippen LogP contribution in [0.5, 0.6) is 0 Å². The second kappa shape index (κ2) is 7.09. The molecule has 2 rings (SSSR count). The predicted octanol–water partition coefficient (Wildman–Crippen LogP) is 4.28. The number of hydrogen-bond acceptors (Lipinski definition) is 1. The van der Waals surface area contributed by atoms with Crippen LogP contribution in [0, 0.1) is 12.0 Å². The van der Waals surface area contributed by atoms with Crippen molar-refractivity contribution in [3.63, 3.8) is 0 Å². The quantitative estimate of drug-likeness (QED) is 0.641. The molecule has 2 aromatic rings. The van der Waals surface area contributed by atoms with E-state index in [1.165, 1.54) is 11.5 Å². The summed E-state index contributed by atoms with van der Waals surface area (Å²) in [6.45, 7) is 12.8. The van der Waals surface area contributed by atoms with E-state index in [0.29, 0.717) is 0 Å². The van der Waals surface area contributed by atoms with Gasteiger partial charge in [-0.25, -0.2) is 0 Å². The van der Waals surface area contributed by atoms with E-state index >= 15 is 0 Å². The van der Waals surface area contributed by atoms with Gasteiger partial charge in [-0.3, -0.25) is 0 Å². The summed E-state index contributed by atoms with van der Waals surface area (Å²) in [4.78, 5) is 0. The number of hydrogen-bond donors (Lipinski definition) is 1. The van der Waals surface area contributed by atoms with Crippen LogP contribution < -0.4 is 0 Å². The Balaban J connectivity index is 0.000000512. The average Bonchev–Trinajstić information content (AvgIpc) is 2.61. The van der Waals surface area contributed by atoms with Gasteiger partial charge in [-0.15, -0.1) is 5.56 Å². The zero-order valence-corrected chi connectivity index (χ0v) is 15.0. The van der Waals surface area contributed by atoms with E-state index in [2.05, 4.69) is 63.9 Å². The number of H-pyrrole nitrogens is 1. The summed E-state index contributed by atoms with van der Waals surface area (Å²) >= 11 is 0. The molecule has 0 amide bonds. The molecule has 0 saturated carbocycles. The molecule has 0 bridgehead atoms. The van der Waals surface area contributed by atoms with Gasteiger partial charge in [0.2, 0.25) is 0 Å². The number of benzene rings is 1. The number of aromatic amines is 1. The molecule has 0 spiro atoms. The van der Waals surface area contributed by atoms with Crippen molar-refractivity contribution < 1.29 is 21.1 Å². The molecule has 0 unspecified atom stereocenters. The Hall–Kier alpha value is -0.622. The Labute approximate surface area is 125 Å². The second-order valence-corrected chi connectivity index (χ2v) is 5.84. The second-order valence-electron chi connectivity index (χ2n) is 5.84. The topological polar surface area (TPSA) is 28.7 Å². The molecule has 98 valence electrons. The van der Waals surface area contributed by atoms with Gasteiger partial charge in [-0.05, 0) is 5.52 Å². The molecule has 0 aliphatic carbocycles. The third kappa shape index (κ3) is 5.35. The third-order valence-electron chi connectivity index (χ3n) is 2.22. The molecule has 0 radical (unpaired) electrons. The first kappa shape index (κ1) is 17.4. The first-order valence-corrected chi connectivity index (χ1v) is 5.93. The van der Waals surface area contributed by atoms with Gasteiger partial charge in [-0.2, -0.15) is 44.1 Å². The minimum Gasteiger partial charge on any atom is -0.323 e. The molecule has 18 heavy (non-hydrogen) atoms. The number of rotatable bonds is 0. The van der Waals surface area contributed by atoms with Gasteiger partial charge >= 0.3 is 21.1 Å². The van der Waals surface area contributed by atoms with Crippen LogP contribution in [0.15, 0.2) is 18.3 Å². The number of nitrogens with zero attached hydrogens (tertiary/aromatic N) is 1. The van der Waals surface area contributed by atoms with Crippen LogP contribution in [0.3, 0.4) is 0 Å². The maximum Gasteiger partial charge on any atom is 2.00 e. The summed E-state index contributed by atoms with van der Waals surface area (Å²) in [5.74, 6) is 1.42. The fourth-order valence-electron chi connectivity index (χ4n) is 1.31. The molecule has 1 aromatic carbocycles. The van der Waals surface area contributed by atoms with Gasteiger partial charge in [0.05, 0.1) is 0 Å². The molecule has 1 aromatic heterocycles. The van der Waals surface area contributed by atoms with Gasteiger partial charge in [0.15, 0.2) is 0 Å². The van der Waals surface area contributed by atoms with Gasteiger partial charge in [-0.1, -0.05) is 31.6 Å². The summed E-state index contributed by atoms with van der Waals surface area (Å²) in [6, 6.07) is 7.38. The number of fused-ring (bicyclic) bond motifs is 1. The van der Waals surface area contributed by atoms with Crippen LogP contribution in [0.1, 0.15) is 47.1 Å². The molecule has 3 heteroatoms. The fourth-order valence-corrected chi connectivity index (χ4v) is 1.31. The van der Waals surface area contributed by atoms with Gasteiger partial charge in [0.25, 0.3) is 0 Å². The molecule has 0 saturated heterocycles. The summed E-state index contributed by atoms with van der Waals surface area (Å²) in [7, 11) is 0. The van der Waals surface area contributed by atoms with Gasteiger partial charge < -0.3 is 11.0 Å². The normalized spacial score (nSPS) is 10.8. The van der Waals surface area contributed by atoms with E-state index < -0.39 is 0 Å². The van der Waals surface area contributed by atoms with Crippen molar-refractivity contribution in [2.45, 2.75) is 47.0 Å². The molecule has 1 heterocycles. The molecule has 2 nitrogen and oxygen atoms in total. The van der Waals surface area contributed by atoms with E-state index in [1.54, 1.807) is 0 Å². The van der Waals surface area contributed by atoms with Crippen molar-refractivity contribution >= 4 is 10.9 Å². The van der Waals surface area contributed by atoms with Crippen LogP contribution >= 0.6 is 0 Å². The van der Waals surface area contributed by atoms with E-state index in [1.807, 2.05) is 12.3 Å². The van der Waals surface area contributed by atoms with Crippen molar-refractivity contribution in [2.75, 3.05) is 0 Å². The molecule has 0 aliphatic rings. The van der Waals surface area contributed by atoms with E-state index in [4.69, 9.17) is 0 Å². The summed E-state index contributed by atoms with van der Waals surface area (Å²) in [6.07, 6.45) is 1.83. The van der Waals surface area contributed by atoms with Crippen molar-refractivity contribution in [3.8, 4) is 0 Å². The zero-order valence-electron chi connectivity index (χ0n) is 12.1. The molecule has 0 aliphatic heterocycles. The van der Waals surface area contributed by atoms with Crippen LogP contribution in [-0.4, -0.2) is 10.2 Å². The minimum atomic E-state index is 0. The van der Waals surface area contributed by atoms with Crippen LogP contribution in [-0.2, 0) is 26.5 Å². The fraction of sp³-hybridized carbons (Fsp3) is 0.467. The maximum absolute atomic E-state index is 3.97. The standard InChI is InChI=1S/C11H13N2.C4H9.W/c1-11(2,3)9-4-5-10-8(6-9)7-12-13-10;1-4(2)3;/h4,6-7H,1-3H3,(H,12,13);1-3H3;/q2*-1;+2. The van der Waals surface area contributed by atoms with Crippen LogP contribution in [0.2, 0.25) is 0 Å². The summed E-state index contributed by atoms with van der Waals surface area (Å²) < 4.78 is 0. The van der Waals surface area contributed by atoms with E-state index in [-0.39, 0.29) is 26.5 Å². The van der Waals surface area contributed by atoms with Crippen molar-refractivity contribution in [3.05, 3.63) is 35.9 Å². The summed E-state index contributed by atoms with van der Waals surface area (Å²) in [5.41, 5.74) is 2.46. The Morgan fingerprint density at radius 3 is 2.28 bits per heavy atom. The average molecular weight is 414 g/mol.